The minimum atomic E-state index is -0.674. The lowest BCUT2D eigenvalue weighted by Gasteiger charge is -2.35. The van der Waals surface area contributed by atoms with E-state index in [2.05, 4.69) is 19.2 Å². The fourth-order valence-electron chi connectivity index (χ4n) is 3.59. The molecule has 1 fully saturated rings. The summed E-state index contributed by atoms with van der Waals surface area (Å²) in [6, 6.07) is 7.64. The Hall–Kier alpha value is -2.37. The Labute approximate surface area is 155 Å². The summed E-state index contributed by atoms with van der Waals surface area (Å²) in [5.74, 6) is 1.27. The van der Waals surface area contributed by atoms with Crippen molar-refractivity contribution in [2.75, 3.05) is 32.1 Å². The predicted molar refractivity (Wildman–Crippen MR) is 104 cm³/mol. The van der Waals surface area contributed by atoms with Crippen LogP contribution in [-0.2, 0) is 4.79 Å². The van der Waals surface area contributed by atoms with Crippen molar-refractivity contribution in [3.8, 4) is 0 Å². The van der Waals surface area contributed by atoms with Gasteiger partial charge in [0.2, 0.25) is 0 Å². The van der Waals surface area contributed by atoms with Crippen molar-refractivity contribution < 1.29 is 9.59 Å². The van der Waals surface area contributed by atoms with Gasteiger partial charge in [-0.15, -0.1) is 0 Å². The van der Waals surface area contributed by atoms with Crippen LogP contribution in [0.5, 0.6) is 0 Å². The second-order valence-corrected chi connectivity index (χ2v) is 7.88. The van der Waals surface area contributed by atoms with E-state index >= 15 is 0 Å². The van der Waals surface area contributed by atoms with Gasteiger partial charge in [0, 0.05) is 44.9 Å². The van der Waals surface area contributed by atoms with Gasteiger partial charge in [-0.1, -0.05) is 19.9 Å². The normalized spacial score (nSPS) is 18.9. The van der Waals surface area contributed by atoms with Gasteiger partial charge in [0.15, 0.2) is 0 Å². The van der Waals surface area contributed by atoms with Gasteiger partial charge in [-0.2, -0.15) is 0 Å². The zero-order valence-electron chi connectivity index (χ0n) is 16.1. The number of benzene rings is 1. The Morgan fingerprint density at radius 1 is 1.31 bits per heavy atom. The molecule has 0 atom stereocenters. The lowest BCUT2D eigenvalue weighted by molar-refractivity contribution is -0.125. The number of amidine groups is 1. The van der Waals surface area contributed by atoms with Crippen LogP contribution in [0.3, 0.4) is 0 Å². The van der Waals surface area contributed by atoms with Gasteiger partial charge in [-0.25, -0.2) is 0 Å². The number of hydrogen-bond acceptors (Lipinski definition) is 4. The molecule has 1 spiro atoms. The molecule has 26 heavy (non-hydrogen) atoms. The average molecular weight is 356 g/mol. The van der Waals surface area contributed by atoms with Crippen LogP contribution < -0.4 is 10.2 Å². The van der Waals surface area contributed by atoms with Crippen molar-refractivity contribution in [3.63, 3.8) is 0 Å². The molecule has 140 valence electrons. The first-order valence-corrected chi connectivity index (χ1v) is 9.27. The van der Waals surface area contributed by atoms with Gasteiger partial charge in [-0.05, 0) is 37.0 Å². The predicted octanol–water partition coefficient (Wildman–Crippen LogP) is 2.30. The molecule has 6 heteroatoms. The molecule has 1 aromatic rings. The number of piperidine rings is 1. The first-order chi connectivity index (χ1) is 12.3. The van der Waals surface area contributed by atoms with E-state index in [1.54, 1.807) is 0 Å². The second kappa shape index (κ2) is 7.09. The molecule has 2 aliphatic rings. The van der Waals surface area contributed by atoms with Crippen LogP contribution in [0.1, 0.15) is 43.5 Å². The van der Waals surface area contributed by atoms with Crippen molar-refractivity contribution in [1.29, 1.82) is 0 Å². The number of aliphatic imine (C=N–C) groups is 1. The van der Waals surface area contributed by atoms with Crippen LogP contribution in [-0.4, -0.2) is 55.3 Å². The topological polar surface area (TPSA) is 65.0 Å². The molecular weight excluding hydrogens is 328 g/mol. The SMILES string of the molecule is CC(C)CC1=NC2(CCN(C(=O)c3cccc(N(C)C)c3)CC2)C(=O)N1. The van der Waals surface area contributed by atoms with E-state index in [9.17, 15) is 9.59 Å². The maximum absolute atomic E-state index is 12.8. The molecule has 0 aliphatic carbocycles. The molecule has 1 N–H and O–H groups in total. The number of carbonyl (C=O) groups excluding carboxylic acids is 2. The highest BCUT2D eigenvalue weighted by Crippen LogP contribution is 2.31. The highest BCUT2D eigenvalue weighted by atomic mass is 16.2. The molecule has 3 rings (SSSR count). The van der Waals surface area contributed by atoms with Gasteiger partial charge in [0.05, 0.1) is 0 Å². The van der Waals surface area contributed by atoms with Crippen LogP contribution >= 0.6 is 0 Å². The molecular formula is C20H28N4O2. The number of carbonyl (C=O) groups is 2. The lowest BCUT2D eigenvalue weighted by atomic mass is 9.87. The molecule has 1 saturated heterocycles. The zero-order valence-corrected chi connectivity index (χ0v) is 16.1. The number of rotatable bonds is 4. The molecule has 0 unspecified atom stereocenters. The maximum Gasteiger partial charge on any atom is 0.253 e. The van der Waals surface area contributed by atoms with Crippen molar-refractivity contribution in [2.24, 2.45) is 10.9 Å². The van der Waals surface area contributed by atoms with Crippen molar-refractivity contribution in [3.05, 3.63) is 29.8 Å². The number of amides is 2. The first kappa shape index (κ1) is 18.4. The minimum Gasteiger partial charge on any atom is -0.378 e. The highest BCUT2D eigenvalue weighted by Gasteiger charge is 2.46. The number of nitrogens with zero attached hydrogens (tertiary/aromatic N) is 3. The van der Waals surface area contributed by atoms with Crippen LogP contribution in [0.15, 0.2) is 29.3 Å². The van der Waals surface area contributed by atoms with Gasteiger partial charge in [0.1, 0.15) is 11.4 Å². The highest BCUT2D eigenvalue weighted by molar-refractivity contribution is 6.08. The monoisotopic (exact) mass is 356 g/mol. The summed E-state index contributed by atoms with van der Waals surface area (Å²) in [4.78, 5) is 33.8. The van der Waals surface area contributed by atoms with E-state index < -0.39 is 5.54 Å². The maximum atomic E-state index is 12.8. The molecule has 0 saturated carbocycles. The Morgan fingerprint density at radius 3 is 2.62 bits per heavy atom. The smallest absolute Gasteiger partial charge is 0.253 e. The summed E-state index contributed by atoms with van der Waals surface area (Å²) in [6.07, 6.45) is 1.95. The number of likely N-dealkylation sites (tertiary alicyclic amines) is 1. The molecule has 2 aliphatic heterocycles. The summed E-state index contributed by atoms with van der Waals surface area (Å²) in [7, 11) is 3.92. The van der Waals surface area contributed by atoms with Gasteiger partial charge in [-0.3, -0.25) is 14.6 Å². The van der Waals surface area contributed by atoms with Crippen LogP contribution in [0.25, 0.3) is 0 Å². The Morgan fingerprint density at radius 2 is 2.00 bits per heavy atom. The quantitative estimate of drug-likeness (QED) is 0.900. The molecule has 1 aromatic carbocycles. The summed E-state index contributed by atoms with van der Waals surface area (Å²) < 4.78 is 0. The second-order valence-electron chi connectivity index (χ2n) is 7.88. The Balaban J connectivity index is 1.68. The average Bonchev–Trinajstić information content (AvgIpc) is 2.89. The molecule has 2 amide bonds. The van der Waals surface area contributed by atoms with Crippen molar-refractivity contribution in [2.45, 2.75) is 38.6 Å². The third-order valence-electron chi connectivity index (χ3n) is 5.12. The van der Waals surface area contributed by atoms with Gasteiger partial charge in [0.25, 0.3) is 11.8 Å². The Kier molecular flexibility index (Phi) is 5.03. The number of hydrogen-bond donors (Lipinski definition) is 1. The van der Waals surface area contributed by atoms with Gasteiger partial charge >= 0.3 is 0 Å². The first-order valence-electron chi connectivity index (χ1n) is 9.27. The molecule has 0 aromatic heterocycles. The molecule has 0 bridgehead atoms. The largest absolute Gasteiger partial charge is 0.378 e. The van der Waals surface area contributed by atoms with E-state index in [0.29, 0.717) is 37.4 Å². The van der Waals surface area contributed by atoms with Crippen LogP contribution in [0, 0.1) is 5.92 Å². The summed E-state index contributed by atoms with van der Waals surface area (Å²) in [6.45, 7) is 5.33. The third kappa shape index (κ3) is 3.59. The standard InChI is InChI=1S/C20H28N4O2/c1-14(2)12-17-21-19(26)20(22-17)8-10-24(11-9-20)18(25)15-6-5-7-16(13-15)23(3)4/h5-7,13-14H,8-12H2,1-4H3,(H,21,22,26). The number of nitrogens with one attached hydrogen (secondary N) is 1. The van der Waals surface area contributed by atoms with E-state index in [0.717, 1.165) is 17.9 Å². The van der Waals surface area contributed by atoms with E-state index in [1.165, 1.54) is 0 Å². The van der Waals surface area contributed by atoms with Gasteiger partial charge < -0.3 is 15.1 Å². The zero-order chi connectivity index (χ0) is 18.9. The summed E-state index contributed by atoms with van der Waals surface area (Å²) in [5.41, 5.74) is 1.02. The van der Waals surface area contributed by atoms with E-state index in [1.807, 2.05) is 48.2 Å². The van der Waals surface area contributed by atoms with Crippen molar-refractivity contribution in [1.82, 2.24) is 10.2 Å². The van der Waals surface area contributed by atoms with E-state index in [-0.39, 0.29) is 11.8 Å². The summed E-state index contributed by atoms with van der Waals surface area (Å²) >= 11 is 0. The summed E-state index contributed by atoms with van der Waals surface area (Å²) in [5, 5.41) is 2.94. The molecule has 0 radical (unpaired) electrons. The number of anilines is 1. The fourth-order valence-corrected chi connectivity index (χ4v) is 3.59. The third-order valence-corrected chi connectivity index (χ3v) is 5.12. The van der Waals surface area contributed by atoms with Crippen LogP contribution in [0.2, 0.25) is 0 Å². The molecule has 2 heterocycles. The minimum absolute atomic E-state index is 0.00476. The van der Waals surface area contributed by atoms with Crippen molar-refractivity contribution >= 4 is 23.3 Å². The Bertz CT molecular complexity index is 731. The fraction of sp³-hybridized carbons (Fsp3) is 0.550. The lowest BCUT2D eigenvalue weighted by Crippen LogP contribution is -2.50. The van der Waals surface area contributed by atoms with E-state index in [4.69, 9.17) is 4.99 Å². The van der Waals surface area contributed by atoms with Crippen LogP contribution in [0.4, 0.5) is 5.69 Å². The molecule has 6 nitrogen and oxygen atoms in total.